The van der Waals surface area contributed by atoms with Gasteiger partial charge in [0.2, 0.25) is 0 Å². The molecule has 26 heavy (non-hydrogen) atoms. The average molecular weight is 348 g/mol. The number of benzene rings is 2. The van der Waals surface area contributed by atoms with Gasteiger partial charge in [-0.05, 0) is 47.0 Å². The molecule has 8 heteroatoms. The first-order chi connectivity index (χ1) is 12.6. The highest BCUT2D eigenvalue weighted by Gasteiger charge is 2.15. The molecule has 0 bridgehead atoms. The fraction of sp³-hybridized carbons (Fsp3) is 0.0556. The molecule has 0 aliphatic heterocycles. The lowest BCUT2D eigenvalue weighted by atomic mass is 10.1. The number of aromatic nitrogens is 5. The second-order valence-corrected chi connectivity index (χ2v) is 5.64. The Morgan fingerprint density at radius 3 is 2.81 bits per heavy atom. The number of nitrogens with zero attached hydrogens (tertiary/aromatic N) is 5. The SMILES string of the molecule is Cc1nnnn1-c1ccc(F)c(NC(=O)c2nccc3ccccc23)c1. The third-order valence-corrected chi connectivity index (χ3v) is 3.96. The van der Waals surface area contributed by atoms with Gasteiger partial charge in [-0.1, -0.05) is 24.3 Å². The molecule has 0 atom stereocenters. The van der Waals surface area contributed by atoms with Gasteiger partial charge in [-0.2, -0.15) is 4.68 Å². The number of tetrazole rings is 1. The molecule has 0 saturated heterocycles. The van der Waals surface area contributed by atoms with Crippen LogP contribution >= 0.6 is 0 Å². The molecule has 2 aromatic carbocycles. The van der Waals surface area contributed by atoms with Crippen LogP contribution in [0.1, 0.15) is 16.3 Å². The van der Waals surface area contributed by atoms with Gasteiger partial charge in [0.15, 0.2) is 5.82 Å². The number of hydrogen-bond donors (Lipinski definition) is 1. The Labute approximate surface area is 147 Å². The maximum Gasteiger partial charge on any atom is 0.274 e. The summed E-state index contributed by atoms with van der Waals surface area (Å²) >= 11 is 0. The third kappa shape index (κ3) is 2.77. The van der Waals surface area contributed by atoms with Crippen molar-refractivity contribution in [1.29, 1.82) is 0 Å². The van der Waals surface area contributed by atoms with Crippen molar-refractivity contribution in [3.8, 4) is 5.69 Å². The molecule has 1 amide bonds. The summed E-state index contributed by atoms with van der Waals surface area (Å²) in [7, 11) is 0. The standard InChI is InChI=1S/C18H13FN6O/c1-11-22-23-24-25(11)13-6-7-15(19)16(10-13)21-18(26)17-14-5-3-2-4-12(14)8-9-20-17/h2-10H,1H3,(H,21,26). The number of carbonyl (C=O) groups is 1. The fourth-order valence-electron chi connectivity index (χ4n) is 2.69. The molecule has 0 saturated carbocycles. The highest BCUT2D eigenvalue weighted by Crippen LogP contribution is 2.22. The molecular formula is C18H13FN6O. The summed E-state index contributed by atoms with van der Waals surface area (Å²) in [5.74, 6) is -0.510. The Balaban J connectivity index is 1.70. The minimum Gasteiger partial charge on any atom is -0.318 e. The Morgan fingerprint density at radius 1 is 1.15 bits per heavy atom. The average Bonchev–Trinajstić information content (AvgIpc) is 3.09. The number of carbonyl (C=O) groups excluding carboxylic acids is 1. The summed E-state index contributed by atoms with van der Waals surface area (Å²) in [5, 5.41) is 15.4. The number of aryl methyl sites for hydroxylation is 1. The van der Waals surface area contributed by atoms with E-state index >= 15 is 0 Å². The molecule has 4 rings (SSSR count). The van der Waals surface area contributed by atoms with E-state index in [0.717, 1.165) is 5.39 Å². The lowest BCUT2D eigenvalue weighted by Gasteiger charge is -2.10. The first-order valence-electron chi connectivity index (χ1n) is 7.83. The van der Waals surface area contributed by atoms with Crippen LogP contribution in [0.15, 0.2) is 54.7 Å². The zero-order chi connectivity index (χ0) is 18.1. The van der Waals surface area contributed by atoms with Crippen molar-refractivity contribution in [2.24, 2.45) is 0 Å². The van der Waals surface area contributed by atoms with E-state index in [2.05, 4.69) is 25.8 Å². The number of nitrogens with one attached hydrogen (secondary N) is 1. The van der Waals surface area contributed by atoms with Crippen LogP contribution in [0.5, 0.6) is 0 Å². The van der Waals surface area contributed by atoms with E-state index in [9.17, 15) is 9.18 Å². The van der Waals surface area contributed by atoms with Crippen molar-refractivity contribution in [1.82, 2.24) is 25.2 Å². The van der Waals surface area contributed by atoms with Crippen molar-refractivity contribution in [2.45, 2.75) is 6.92 Å². The molecule has 2 heterocycles. The molecule has 0 unspecified atom stereocenters. The van der Waals surface area contributed by atoms with E-state index in [-0.39, 0.29) is 11.4 Å². The normalized spacial score (nSPS) is 10.8. The molecule has 1 N–H and O–H groups in total. The van der Waals surface area contributed by atoms with Crippen LogP contribution in [0.25, 0.3) is 16.5 Å². The van der Waals surface area contributed by atoms with Gasteiger partial charge >= 0.3 is 0 Å². The van der Waals surface area contributed by atoms with Crippen LogP contribution < -0.4 is 5.32 Å². The lowest BCUT2D eigenvalue weighted by Crippen LogP contribution is -2.15. The van der Waals surface area contributed by atoms with Crippen molar-refractivity contribution < 1.29 is 9.18 Å². The topological polar surface area (TPSA) is 85.6 Å². The number of pyridine rings is 1. The van der Waals surface area contributed by atoms with Crippen molar-refractivity contribution in [3.63, 3.8) is 0 Å². The highest BCUT2D eigenvalue weighted by molar-refractivity contribution is 6.11. The van der Waals surface area contributed by atoms with Gasteiger partial charge in [-0.3, -0.25) is 9.78 Å². The molecular weight excluding hydrogens is 335 g/mol. The molecule has 2 aromatic heterocycles. The van der Waals surface area contributed by atoms with Crippen LogP contribution in [-0.4, -0.2) is 31.1 Å². The monoisotopic (exact) mass is 348 g/mol. The summed E-state index contributed by atoms with van der Waals surface area (Å²) < 4.78 is 15.7. The predicted octanol–water partition coefficient (Wildman–Crippen LogP) is 2.91. The van der Waals surface area contributed by atoms with Gasteiger partial charge in [0.05, 0.1) is 11.4 Å². The molecule has 7 nitrogen and oxygen atoms in total. The van der Waals surface area contributed by atoms with Crippen LogP contribution in [0.2, 0.25) is 0 Å². The zero-order valence-corrected chi connectivity index (χ0v) is 13.7. The largest absolute Gasteiger partial charge is 0.318 e. The minimum absolute atomic E-state index is 0.0251. The quantitative estimate of drug-likeness (QED) is 0.615. The van der Waals surface area contributed by atoms with Crippen molar-refractivity contribution in [3.05, 3.63) is 72.1 Å². The maximum absolute atomic E-state index is 14.2. The molecule has 4 aromatic rings. The van der Waals surface area contributed by atoms with E-state index in [1.54, 1.807) is 19.2 Å². The van der Waals surface area contributed by atoms with Crippen LogP contribution in [-0.2, 0) is 0 Å². The molecule has 0 aliphatic carbocycles. The Bertz CT molecular complexity index is 1120. The van der Waals surface area contributed by atoms with E-state index in [4.69, 9.17) is 0 Å². The highest BCUT2D eigenvalue weighted by atomic mass is 19.1. The van der Waals surface area contributed by atoms with Crippen LogP contribution in [0.4, 0.5) is 10.1 Å². The smallest absolute Gasteiger partial charge is 0.274 e. The van der Waals surface area contributed by atoms with Gasteiger partial charge in [-0.15, -0.1) is 5.10 Å². The Hall–Kier alpha value is -3.68. The molecule has 128 valence electrons. The van der Waals surface area contributed by atoms with Crippen molar-refractivity contribution >= 4 is 22.4 Å². The van der Waals surface area contributed by atoms with Gasteiger partial charge in [0.1, 0.15) is 11.5 Å². The van der Waals surface area contributed by atoms with E-state index in [0.29, 0.717) is 16.9 Å². The number of anilines is 1. The van der Waals surface area contributed by atoms with Crippen molar-refractivity contribution in [2.75, 3.05) is 5.32 Å². The molecule has 0 fully saturated rings. The number of halogens is 1. The molecule has 0 spiro atoms. The molecule has 0 radical (unpaired) electrons. The second kappa shape index (κ2) is 6.32. The summed E-state index contributed by atoms with van der Waals surface area (Å²) in [6.07, 6.45) is 1.55. The lowest BCUT2D eigenvalue weighted by molar-refractivity contribution is 0.102. The summed E-state index contributed by atoms with van der Waals surface area (Å²) in [4.78, 5) is 16.8. The first kappa shape index (κ1) is 15.8. The van der Waals surface area contributed by atoms with Gasteiger partial charge < -0.3 is 5.32 Å². The fourth-order valence-corrected chi connectivity index (χ4v) is 2.69. The zero-order valence-electron chi connectivity index (χ0n) is 13.7. The Morgan fingerprint density at radius 2 is 2.00 bits per heavy atom. The van der Waals surface area contributed by atoms with Gasteiger partial charge in [0, 0.05) is 11.6 Å². The predicted molar refractivity (Wildman–Crippen MR) is 93.5 cm³/mol. The van der Waals surface area contributed by atoms with E-state index < -0.39 is 11.7 Å². The summed E-state index contributed by atoms with van der Waals surface area (Å²) in [6, 6.07) is 13.5. The molecule has 0 aliphatic rings. The third-order valence-electron chi connectivity index (χ3n) is 3.96. The minimum atomic E-state index is -0.562. The van der Waals surface area contributed by atoms with Crippen LogP contribution in [0.3, 0.4) is 0 Å². The van der Waals surface area contributed by atoms with E-state index in [1.165, 1.54) is 22.9 Å². The maximum atomic E-state index is 14.2. The second-order valence-electron chi connectivity index (χ2n) is 5.64. The number of hydrogen-bond acceptors (Lipinski definition) is 5. The number of rotatable bonds is 3. The van der Waals surface area contributed by atoms with Crippen LogP contribution in [0, 0.1) is 12.7 Å². The first-order valence-corrected chi connectivity index (χ1v) is 7.83. The Kier molecular flexibility index (Phi) is 3.85. The van der Waals surface area contributed by atoms with Gasteiger partial charge in [0.25, 0.3) is 5.91 Å². The van der Waals surface area contributed by atoms with Gasteiger partial charge in [-0.25, -0.2) is 4.39 Å². The van der Waals surface area contributed by atoms with E-state index in [1.807, 2.05) is 24.3 Å². The number of fused-ring (bicyclic) bond motifs is 1. The number of amides is 1. The summed E-state index contributed by atoms with van der Waals surface area (Å²) in [5.41, 5.74) is 0.790. The summed E-state index contributed by atoms with van der Waals surface area (Å²) in [6.45, 7) is 1.72.